The van der Waals surface area contributed by atoms with Crippen LogP contribution in [-0.2, 0) is 23.1 Å². The van der Waals surface area contributed by atoms with E-state index < -0.39 is 5.41 Å². The third kappa shape index (κ3) is 10.6. The molecule has 1 fully saturated rings. The summed E-state index contributed by atoms with van der Waals surface area (Å²) in [4.78, 5) is 13.8. The first-order chi connectivity index (χ1) is 20.1. The Labute approximate surface area is 251 Å². The van der Waals surface area contributed by atoms with E-state index in [4.69, 9.17) is 4.74 Å². The van der Waals surface area contributed by atoms with Crippen LogP contribution in [0.1, 0.15) is 158 Å². The van der Waals surface area contributed by atoms with Crippen molar-refractivity contribution < 1.29 is 9.53 Å². The highest BCUT2D eigenvalue weighted by molar-refractivity contribution is 5.85. The number of nitrogens with zero attached hydrogens (tertiary/aromatic N) is 1. The third-order valence-corrected chi connectivity index (χ3v) is 9.11. The van der Waals surface area contributed by atoms with Gasteiger partial charge in [-0.3, -0.25) is 4.79 Å². The quantitative estimate of drug-likeness (QED) is 0.0980. The fourth-order valence-corrected chi connectivity index (χ4v) is 6.44. The van der Waals surface area contributed by atoms with Crippen molar-refractivity contribution in [3.05, 3.63) is 64.7 Å². The second-order valence-electron chi connectivity index (χ2n) is 12.4. The van der Waals surface area contributed by atoms with Crippen LogP contribution in [-0.4, -0.2) is 5.97 Å². The molecule has 0 N–H and O–H groups in total. The molecule has 1 aliphatic rings. The summed E-state index contributed by atoms with van der Waals surface area (Å²) in [7, 11) is 0. The van der Waals surface area contributed by atoms with E-state index >= 15 is 0 Å². The predicted octanol–water partition coefficient (Wildman–Crippen LogP) is 11.0. The molecule has 2 aromatic carbocycles. The SMILES string of the molecule is CCCCCCCCCc1ccc(C2(C(=O)Oc3ccc(CCCCCCCCC)cc3C#N)CCCCC2)cc1. The zero-order valence-corrected chi connectivity index (χ0v) is 26.2. The number of unbranched alkanes of at least 4 members (excludes halogenated alkanes) is 12. The van der Waals surface area contributed by atoms with Gasteiger partial charge in [0.15, 0.2) is 0 Å². The van der Waals surface area contributed by atoms with Crippen LogP contribution in [0.2, 0.25) is 0 Å². The molecule has 0 spiro atoms. The zero-order chi connectivity index (χ0) is 29.2. The molecule has 3 heteroatoms. The smallest absolute Gasteiger partial charge is 0.321 e. The Balaban J connectivity index is 1.59. The number of nitriles is 1. The molecule has 3 rings (SSSR count). The summed E-state index contributed by atoms with van der Waals surface area (Å²) in [5.74, 6) is 0.203. The molecule has 41 heavy (non-hydrogen) atoms. The summed E-state index contributed by atoms with van der Waals surface area (Å²) in [5, 5.41) is 9.87. The second kappa shape index (κ2) is 18.8. The number of ether oxygens (including phenoxy) is 1. The minimum atomic E-state index is -0.626. The van der Waals surface area contributed by atoms with Gasteiger partial charge in [-0.2, -0.15) is 5.26 Å². The van der Waals surface area contributed by atoms with Crippen molar-refractivity contribution >= 4 is 5.97 Å². The number of benzene rings is 2. The number of hydrogen-bond donors (Lipinski definition) is 0. The van der Waals surface area contributed by atoms with E-state index in [0.717, 1.165) is 62.5 Å². The van der Waals surface area contributed by atoms with Crippen molar-refractivity contribution in [3.8, 4) is 11.8 Å². The monoisotopic (exact) mass is 557 g/mol. The highest BCUT2D eigenvalue weighted by atomic mass is 16.5. The number of hydrogen-bond acceptors (Lipinski definition) is 3. The Morgan fingerprint density at radius 3 is 1.78 bits per heavy atom. The molecule has 1 saturated carbocycles. The number of carbonyl (C=O) groups is 1. The zero-order valence-electron chi connectivity index (χ0n) is 26.2. The molecular formula is C38H55NO2. The number of rotatable bonds is 19. The molecule has 0 aromatic heterocycles. The number of aryl methyl sites for hydroxylation is 2. The molecule has 224 valence electrons. The summed E-state index contributed by atoms with van der Waals surface area (Å²) >= 11 is 0. The highest BCUT2D eigenvalue weighted by Gasteiger charge is 2.43. The minimum Gasteiger partial charge on any atom is -0.424 e. The number of carbonyl (C=O) groups excluding carboxylic acids is 1. The van der Waals surface area contributed by atoms with Gasteiger partial charge in [0, 0.05) is 0 Å². The van der Waals surface area contributed by atoms with Crippen molar-refractivity contribution in [3.63, 3.8) is 0 Å². The summed E-state index contributed by atoms with van der Waals surface area (Å²) in [6, 6.07) is 16.9. The van der Waals surface area contributed by atoms with Crippen molar-refractivity contribution in [1.29, 1.82) is 5.26 Å². The molecule has 0 atom stereocenters. The van der Waals surface area contributed by atoms with Gasteiger partial charge in [-0.05, 0) is 67.3 Å². The maximum absolute atomic E-state index is 13.8. The highest BCUT2D eigenvalue weighted by Crippen LogP contribution is 2.41. The van der Waals surface area contributed by atoms with Crippen molar-refractivity contribution in [2.24, 2.45) is 0 Å². The van der Waals surface area contributed by atoms with Gasteiger partial charge in [0.05, 0.1) is 11.0 Å². The average molecular weight is 558 g/mol. The molecule has 2 aromatic rings. The number of esters is 1. The summed E-state index contributed by atoms with van der Waals surface area (Å²) in [5.41, 5.74) is 3.41. The Morgan fingerprint density at radius 2 is 1.22 bits per heavy atom. The van der Waals surface area contributed by atoms with Crippen LogP contribution in [0.3, 0.4) is 0 Å². The fourth-order valence-electron chi connectivity index (χ4n) is 6.44. The average Bonchev–Trinajstić information content (AvgIpc) is 3.01. The normalized spacial score (nSPS) is 14.5. The molecular weight excluding hydrogens is 502 g/mol. The van der Waals surface area contributed by atoms with E-state index in [1.54, 1.807) is 0 Å². The van der Waals surface area contributed by atoms with Gasteiger partial charge in [0.25, 0.3) is 0 Å². The second-order valence-corrected chi connectivity index (χ2v) is 12.4. The standard InChI is InChI=1S/C38H55NO2/c1-3-5-7-9-11-13-16-20-32-22-25-35(26-23-32)38(28-18-15-19-29-38)37(40)41-36-27-24-33(30-34(36)31-39)21-17-14-12-10-8-6-4-2/h22-27,30H,3-21,28-29H2,1-2H3. The van der Waals surface area contributed by atoms with Crippen molar-refractivity contribution in [2.45, 2.75) is 154 Å². The Hall–Kier alpha value is -2.60. The maximum Gasteiger partial charge on any atom is 0.321 e. The van der Waals surface area contributed by atoms with E-state index in [-0.39, 0.29) is 5.97 Å². The Kier molecular flexibility index (Phi) is 15.1. The van der Waals surface area contributed by atoms with Crippen LogP contribution in [0.4, 0.5) is 0 Å². The molecule has 0 heterocycles. The van der Waals surface area contributed by atoms with Gasteiger partial charge in [-0.25, -0.2) is 0 Å². The molecule has 3 nitrogen and oxygen atoms in total. The van der Waals surface area contributed by atoms with Gasteiger partial charge < -0.3 is 4.74 Å². The van der Waals surface area contributed by atoms with Crippen molar-refractivity contribution in [2.75, 3.05) is 0 Å². The van der Waals surface area contributed by atoms with Crippen LogP contribution >= 0.6 is 0 Å². The lowest BCUT2D eigenvalue weighted by Gasteiger charge is -2.35. The Bertz CT molecular complexity index is 1060. The van der Waals surface area contributed by atoms with E-state index in [0.29, 0.717) is 11.3 Å². The topological polar surface area (TPSA) is 50.1 Å². The molecule has 0 saturated heterocycles. The van der Waals surface area contributed by atoms with E-state index in [1.165, 1.54) is 89.0 Å². The summed E-state index contributed by atoms with van der Waals surface area (Å²) < 4.78 is 6.06. The fraction of sp³-hybridized carbons (Fsp3) is 0.632. The predicted molar refractivity (Wildman–Crippen MR) is 171 cm³/mol. The molecule has 0 amide bonds. The molecule has 0 radical (unpaired) electrons. The van der Waals surface area contributed by atoms with Gasteiger partial charge in [-0.15, -0.1) is 0 Å². The first kappa shape index (κ1) is 32.9. The van der Waals surface area contributed by atoms with Crippen LogP contribution in [0.25, 0.3) is 0 Å². The molecule has 0 unspecified atom stereocenters. The van der Waals surface area contributed by atoms with Crippen LogP contribution in [0, 0.1) is 11.3 Å². The van der Waals surface area contributed by atoms with Gasteiger partial charge in [0.2, 0.25) is 0 Å². The molecule has 0 aliphatic heterocycles. The third-order valence-electron chi connectivity index (χ3n) is 9.11. The van der Waals surface area contributed by atoms with Crippen molar-refractivity contribution in [1.82, 2.24) is 0 Å². The van der Waals surface area contributed by atoms with E-state index in [9.17, 15) is 10.1 Å². The molecule has 1 aliphatic carbocycles. The Morgan fingerprint density at radius 1 is 0.707 bits per heavy atom. The van der Waals surface area contributed by atoms with Gasteiger partial charge in [0.1, 0.15) is 11.8 Å². The largest absolute Gasteiger partial charge is 0.424 e. The summed E-state index contributed by atoms with van der Waals surface area (Å²) in [6.45, 7) is 4.51. The van der Waals surface area contributed by atoms with Crippen LogP contribution in [0.15, 0.2) is 42.5 Å². The van der Waals surface area contributed by atoms with Gasteiger partial charge in [-0.1, -0.05) is 140 Å². The minimum absolute atomic E-state index is 0.201. The van der Waals surface area contributed by atoms with E-state index in [2.05, 4.69) is 44.2 Å². The first-order valence-corrected chi connectivity index (χ1v) is 17.0. The lowest BCUT2D eigenvalue weighted by molar-refractivity contribution is -0.142. The lowest BCUT2D eigenvalue weighted by Crippen LogP contribution is -2.41. The lowest BCUT2D eigenvalue weighted by atomic mass is 9.69. The maximum atomic E-state index is 13.8. The first-order valence-electron chi connectivity index (χ1n) is 17.0. The molecule has 0 bridgehead atoms. The van der Waals surface area contributed by atoms with E-state index in [1.807, 2.05) is 18.2 Å². The van der Waals surface area contributed by atoms with Crippen LogP contribution in [0.5, 0.6) is 5.75 Å². The van der Waals surface area contributed by atoms with Crippen LogP contribution < -0.4 is 4.74 Å². The van der Waals surface area contributed by atoms with Gasteiger partial charge >= 0.3 is 5.97 Å². The summed E-state index contributed by atoms with van der Waals surface area (Å²) in [6.07, 6.45) is 25.0.